The molecule has 2 aliphatic rings. The maximum atomic E-state index is 12.1. The third kappa shape index (κ3) is 4.90. The highest BCUT2D eigenvalue weighted by molar-refractivity contribution is 8.00. The maximum absolute atomic E-state index is 12.1. The molecule has 0 unspecified atom stereocenters. The van der Waals surface area contributed by atoms with Crippen LogP contribution in [0.5, 0.6) is 0 Å². The predicted octanol–water partition coefficient (Wildman–Crippen LogP) is 6.67. The predicted molar refractivity (Wildman–Crippen MR) is 131 cm³/mol. The molecule has 32 heavy (non-hydrogen) atoms. The fraction of sp³-hybridized carbons (Fsp3) is 0.360. The van der Waals surface area contributed by atoms with Crippen LogP contribution >= 0.6 is 23.5 Å². The summed E-state index contributed by atoms with van der Waals surface area (Å²) in [5.41, 5.74) is 3.87. The first-order valence-corrected chi connectivity index (χ1v) is 12.1. The molecule has 2 aromatic rings. The Morgan fingerprint density at radius 3 is 2.91 bits per heavy atom. The number of nitrogens with zero attached hydrogens (tertiary/aromatic N) is 2. The van der Waals surface area contributed by atoms with Crippen LogP contribution in [0, 0.1) is 11.3 Å². The summed E-state index contributed by atoms with van der Waals surface area (Å²) in [6.45, 7) is 0.977. The number of allylic oxidation sites excluding steroid dienone is 1. The monoisotopic (exact) mass is 467 g/mol. The Labute approximate surface area is 198 Å². The number of rotatable bonds is 1. The van der Waals surface area contributed by atoms with Gasteiger partial charge in [-0.2, -0.15) is 5.26 Å². The van der Waals surface area contributed by atoms with Crippen molar-refractivity contribution in [2.75, 3.05) is 23.3 Å². The summed E-state index contributed by atoms with van der Waals surface area (Å²) in [7, 11) is 1.38. The van der Waals surface area contributed by atoms with Crippen LogP contribution in [0.4, 0.5) is 11.4 Å². The van der Waals surface area contributed by atoms with E-state index < -0.39 is 0 Å². The van der Waals surface area contributed by atoms with Crippen molar-refractivity contribution in [1.82, 2.24) is 0 Å². The third-order valence-electron chi connectivity index (χ3n) is 6.05. The van der Waals surface area contributed by atoms with Crippen molar-refractivity contribution in [1.29, 1.82) is 5.26 Å². The van der Waals surface area contributed by atoms with Gasteiger partial charge in [-0.05, 0) is 80.3 Å². The second-order valence-corrected chi connectivity index (χ2v) is 9.34. The van der Waals surface area contributed by atoms with Crippen molar-refractivity contribution in [2.45, 2.75) is 49.5 Å². The van der Waals surface area contributed by atoms with E-state index in [1.54, 1.807) is 6.07 Å². The Morgan fingerprint density at radius 2 is 2.09 bits per heavy atom. The van der Waals surface area contributed by atoms with E-state index >= 15 is 0 Å². The Balaban J connectivity index is 1.77. The topological polar surface area (TPSA) is 65.4 Å². The van der Waals surface area contributed by atoms with Crippen molar-refractivity contribution < 1.29 is 9.53 Å². The number of esters is 1. The molecule has 0 aromatic heterocycles. The number of hydrogen-bond acceptors (Lipinski definition) is 6. The van der Waals surface area contributed by atoms with Crippen LogP contribution in [-0.4, -0.2) is 25.7 Å². The van der Waals surface area contributed by atoms with E-state index in [9.17, 15) is 10.1 Å². The van der Waals surface area contributed by atoms with E-state index in [-0.39, 0.29) is 5.97 Å². The number of hydrogen-bond donors (Lipinski definition) is 1. The molecule has 0 amide bonds. The van der Waals surface area contributed by atoms with Gasteiger partial charge >= 0.3 is 5.97 Å². The van der Waals surface area contributed by atoms with Gasteiger partial charge < -0.3 is 14.4 Å². The smallest absolute Gasteiger partial charge is 0.337 e. The third-order valence-corrected chi connectivity index (χ3v) is 7.26. The van der Waals surface area contributed by atoms with Crippen LogP contribution in [-0.2, 0) is 4.74 Å². The van der Waals surface area contributed by atoms with E-state index in [0.29, 0.717) is 22.2 Å². The van der Waals surface area contributed by atoms with Crippen LogP contribution < -0.4 is 9.62 Å². The van der Waals surface area contributed by atoms with Gasteiger partial charge in [0, 0.05) is 17.5 Å². The number of nitrogens with one attached hydrogen (secondary N) is 1. The number of methoxy groups -OCH3 is 1. The summed E-state index contributed by atoms with van der Waals surface area (Å²) >= 11 is 7.88. The number of anilines is 2. The number of benzene rings is 2. The Hall–Kier alpha value is -2.62. The van der Waals surface area contributed by atoms with Crippen molar-refractivity contribution >= 4 is 47.0 Å². The molecular formula is C25H26ClN3O2S. The van der Waals surface area contributed by atoms with Gasteiger partial charge in [-0.25, -0.2) is 4.79 Å². The summed E-state index contributed by atoms with van der Waals surface area (Å²) in [5, 5.41) is 10.0. The van der Waals surface area contributed by atoms with Gasteiger partial charge in [-0.1, -0.05) is 29.8 Å². The van der Waals surface area contributed by atoms with E-state index in [2.05, 4.69) is 27.8 Å². The average Bonchev–Trinajstić information content (AvgIpc) is 2.83. The summed E-state index contributed by atoms with van der Waals surface area (Å²) < 4.78 is 8.35. The number of fused-ring (bicyclic) bond motifs is 4. The SMILES string of the molecule is COC(=O)c1ccc2c(c1)SNc1cc(C#N)c(Cl)cc1N1CCCC[C@H]1CCCC=C2. The fourth-order valence-electron chi connectivity index (χ4n) is 4.38. The van der Waals surface area contributed by atoms with Gasteiger partial charge in [0.25, 0.3) is 0 Å². The standard InChI is InChI=1S/C25H26ClN3O2S/c1-31-25(30)18-11-10-17-7-3-2-4-8-20-9-5-6-12-29(20)23-15-21(26)19(16-27)13-22(23)28-32-24(17)14-18/h3,7,10-11,13-15,20,28H,2,4-6,8-9,12H2,1H3/t20-/m1/s1. The zero-order valence-electron chi connectivity index (χ0n) is 18.1. The summed E-state index contributed by atoms with van der Waals surface area (Å²) in [6, 6.07) is 12.0. The number of piperidine rings is 1. The first-order chi connectivity index (χ1) is 15.6. The molecule has 0 radical (unpaired) electrons. The van der Waals surface area contributed by atoms with Gasteiger partial charge in [0.05, 0.1) is 34.6 Å². The molecule has 1 N–H and O–H groups in total. The molecule has 0 saturated carbocycles. The van der Waals surface area contributed by atoms with Crippen LogP contribution in [0.2, 0.25) is 5.02 Å². The molecule has 166 valence electrons. The summed E-state index contributed by atoms with van der Waals surface area (Å²) in [5.74, 6) is -0.365. The van der Waals surface area contributed by atoms with Gasteiger partial charge in [-0.15, -0.1) is 0 Å². The van der Waals surface area contributed by atoms with Crippen LogP contribution in [0.25, 0.3) is 6.08 Å². The van der Waals surface area contributed by atoms with Gasteiger partial charge in [0.2, 0.25) is 0 Å². The zero-order chi connectivity index (χ0) is 22.5. The first-order valence-electron chi connectivity index (χ1n) is 10.9. The summed E-state index contributed by atoms with van der Waals surface area (Å²) in [4.78, 5) is 15.4. The molecule has 2 heterocycles. The second-order valence-electron chi connectivity index (χ2n) is 8.09. The molecule has 0 spiro atoms. The van der Waals surface area contributed by atoms with E-state index in [1.807, 2.05) is 24.3 Å². The lowest BCUT2D eigenvalue weighted by Gasteiger charge is -2.39. The highest BCUT2D eigenvalue weighted by Crippen LogP contribution is 2.39. The molecule has 4 rings (SSSR count). The molecule has 2 aromatic carbocycles. The van der Waals surface area contributed by atoms with Gasteiger partial charge in [0.15, 0.2) is 0 Å². The number of halogens is 1. The van der Waals surface area contributed by atoms with E-state index in [0.717, 1.165) is 60.5 Å². The minimum atomic E-state index is -0.365. The highest BCUT2D eigenvalue weighted by atomic mass is 35.5. The molecule has 1 atom stereocenters. The lowest BCUT2D eigenvalue weighted by atomic mass is 9.95. The zero-order valence-corrected chi connectivity index (χ0v) is 19.6. The van der Waals surface area contributed by atoms with Crippen molar-refractivity contribution in [3.63, 3.8) is 0 Å². The minimum absolute atomic E-state index is 0.365. The largest absolute Gasteiger partial charge is 0.465 e. The number of carbonyl (C=O) groups excluding carboxylic acids is 1. The highest BCUT2D eigenvalue weighted by Gasteiger charge is 2.25. The number of carbonyl (C=O) groups is 1. The number of ether oxygens (including phenoxy) is 1. The van der Waals surface area contributed by atoms with E-state index in [1.165, 1.54) is 25.5 Å². The lowest BCUT2D eigenvalue weighted by molar-refractivity contribution is 0.0600. The average molecular weight is 468 g/mol. The second kappa shape index (κ2) is 10.3. The van der Waals surface area contributed by atoms with E-state index in [4.69, 9.17) is 16.3 Å². The molecule has 7 heteroatoms. The Kier molecular flexibility index (Phi) is 7.29. The van der Waals surface area contributed by atoms with Crippen molar-refractivity contribution in [3.05, 3.63) is 58.1 Å². The Bertz CT molecular complexity index is 1080. The molecule has 2 aliphatic heterocycles. The van der Waals surface area contributed by atoms with Crippen LogP contribution in [0.3, 0.4) is 0 Å². The molecule has 1 saturated heterocycles. The minimum Gasteiger partial charge on any atom is -0.465 e. The normalized spacial score (nSPS) is 18.4. The van der Waals surface area contributed by atoms with Crippen molar-refractivity contribution in [3.8, 4) is 6.07 Å². The molecular weight excluding hydrogens is 442 g/mol. The molecule has 1 fully saturated rings. The van der Waals surface area contributed by atoms with Gasteiger partial charge in [-0.3, -0.25) is 0 Å². The lowest BCUT2D eigenvalue weighted by Crippen LogP contribution is -2.39. The first kappa shape index (κ1) is 22.6. The number of nitriles is 1. The Morgan fingerprint density at radius 1 is 1.25 bits per heavy atom. The van der Waals surface area contributed by atoms with Crippen LogP contribution in [0.15, 0.2) is 41.3 Å². The molecule has 5 nitrogen and oxygen atoms in total. The quantitative estimate of drug-likeness (QED) is 0.373. The molecule has 0 bridgehead atoms. The van der Waals surface area contributed by atoms with Gasteiger partial charge in [0.1, 0.15) is 6.07 Å². The van der Waals surface area contributed by atoms with Crippen LogP contribution in [0.1, 0.15) is 60.0 Å². The summed E-state index contributed by atoms with van der Waals surface area (Å²) in [6.07, 6.45) is 11.1. The van der Waals surface area contributed by atoms with Crippen molar-refractivity contribution in [2.24, 2.45) is 0 Å². The molecule has 0 aliphatic carbocycles. The fourth-order valence-corrected chi connectivity index (χ4v) is 5.41. The maximum Gasteiger partial charge on any atom is 0.337 e.